The van der Waals surface area contributed by atoms with E-state index in [1.807, 2.05) is 18.2 Å². The molecule has 1 aromatic heterocycles. The number of rotatable bonds is 5. The van der Waals surface area contributed by atoms with Crippen LogP contribution in [0.25, 0.3) is 0 Å². The van der Waals surface area contributed by atoms with Crippen LogP contribution in [-0.2, 0) is 6.54 Å². The Labute approximate surface area is 115 Å². The average molecular weight is 284 g/mol. The maximum absolute atomic E-state index is 6.23. The van der Waals surface area contributed by atoms with Crippen molar-refractivity contribution in [3.8, 4) is 0 Å². The molecule has 4 nitrogen and oxygen atoms in total. The summed E-state index contributed by atoms with van der Waals surface area (Å²) in [7, 11) is 0. The van der Waals surface area contributed by atoms with Crippen LogP contribution in [0.2, 0.25) is 5.02 Å². The van der Waals surface area contributed by atoms with Crippen LogP contribution in [0, 0.1) is 6.92 Å². The summed E-state index contributed by atoms with van der Waals surface area (Å²) in [5, 5.41) is 12.2. The van der Waals surface area contributed by atoms with E-state index < -0.39 is 0 Å². The molecule has 0 fully saturated rings. The van der Waals surface area contributed by atoms with Gasteiger partial charge in [0.15, 0.2) is 0 Å². The predicted octanol–water partition coefficient (Wildman–Crippen LogP) is 3.29. The smallest absolute Gasteiger partial charge is 0.281 e. The largest absolute Gasteiger partial charge is 0.416 e. The van der Waals surface area contributed by atoms with E-state index >= 15 is 0 Å². The number of hydrogen-bond acceptors (Lipinski definition) is 5. The summed E-state index contributed by atoms with van der Waals surface area (Å²) < 4.78 is 5.31. The first-order chi connectivity index (χ1) is 8.69. The maximum Gasteiger partial charge on any atom is 0.281 e. The molecular weight excluding hydrogens is 270 g/mol. The van der Waals surface area contributed by atoms with Gasteiger partial charge < -0.3 is 9.73 Å². The molecule has 96 valence electrons. The molecular formula is C12H14ClN3OS. The van der Waals surface area contributed by atoms with Gasteiger partial charge in [0.25, 0.3) is 5.22 Å². The molecule has 0 atom stereocenters. The standard InChI is InChI=1S/C12H14ClN3OS/c1-3-14-7-9-4-5-11(10(13)6-9)18-12-16-15-8(2)17-12/h4-6,14H,3,7H2,1-2H3. The summed E-state index contributed by atoms with van der Waals surface area (Å²) in [6, 6.07) is 5.97. The highest BCUT2D eigenvalue weighted by Gasteiger charge is 2.08. The molecule has 0 unspecified atom stereocenters. The lowest BCUT2D eigenvalue weighted by atomic mass is 10.2. The van der Waals surface area contributed by atoms with E-state index in [9.17, 15) is 0 Å². The Morgan fingerprint density at radius 2 is 2.22 bits per heavy atom. The summed E-state index contributed by atoms with van der Waals surface area (Å²) in [4.78, 5) is 0.917. The fourth-order valence-corrected chi connectivity index (χ4v) is 2.46. The second-order valence-electron chi connectivity index (χ2n) is 3.73. The van der Waals surface area contributed by atoms with E-state index in [0.29, 0.717) is 16.1 Å². The lowest BCUT2D eigenvalue weighted by molar-refractivity contribution is 0.429. The minimum Gasteiger partial charge on any atom is -0.416 e. The van der Waals surface area contributed by atoms with Gasteiger partial charge in [-0.3, -0.25) is 0 Å². The normalized spacial score (nSPS) is 10.8. The quantitative estimate of drug-likeness (QED) is 0.912. The van der Waals surface area contributed by atoms with Gasteiger partial charge in [-0.15, -0.1) is 10.2 Å². The number of aryl methyl sites for hydroxylation is 1. The number of benzene rings is 1. The Bertz CT molecular complexity index is 530. The van der Waals surface area contributed by atoms with Gasteiger partial charge in [-0.2, -0.15) is 0 Å². The molecule has 18 heavy (non-hydrogen) atoms. The molecule has 0 aliphatic rings. The highest BCUT2D eigenvalue weighted by Crippen LogP contribution is 2.32. The monoisotopic (exact) mass is 283 g/mol. The van der Waals surface area contributed by atoms with Crippen molar-refractivity contribution in [2.24, 2.45) is 0 Å². The zero-order chi connectivity index (χ0) is 13.0. The fourth-order valence-electron chi connectivity index (χ4n) is 1.42. The first kappa shape index (κ1) is 13.4. The highest BCUT2D eigenvalue weighted by atomic mass is 35.5. The lowest BCUT2D eigenvalue weighted by Gasteiger charge is -2.05. The van der Waals surface area contributed by atoms with Crippen molar-refractivity contribution >= 4 is 23.4 Å². The van der Waals surface area contributed by atoms with E-state index in [1.165, 1.54) is 11.8 Å². The van der Waals surface area contributed by atoms with Crippen LogP contribution < -0.4 is 5.32 Å². The van der Waals surface area contributed by atoms with Crippen molar-refractivity contribution in [3.05, 3.63) is 34.7 Å². The third-order valence-corrected chi connectivity index (χ3v) is 3.62. The Hall–Kier alpha value is -1.04. The van der Waals surface area contributed by atoms with Crippen molar-refractivity contribution in [2.45, 2.75) is 30.5 Å². The van der Waals surface area contributed by atoms with Gasteiger partial charge in [-0.1, -0.05) is 24.6 Å². The second kappa shape index (κ2) is 6.22. The van der Waals surface area contributed by atoms with Gasteiger partial charge in [-0.05, 0) is 36.0 Å². The van der Waals surface area contributed by atoms with Gasteiger partial charge >= 0.3 is 0 Å². The second-order valence-corrected chi connectivity index (χ2v) is 5.13. The molecule has 1 N–H and O–H groups in total. The number of aromatic nitrogens is 2. The minimum absolute atomic E-state index is 0.508. The van der Waals surface area contributed by atoms with Gasteiger partial charge in [-0.25, -0.2) is 0 Å². The molecule has 1 aromatic carbocycles. The van der Waals surface area contributed by atoms with E-state index in [0.717, 1.165) is 23.5 Å². The van der Waals surface area contributed by atoms with Crippen molar-refractivity contribution in [1.82, 2.24) is 15.5 Å². The van der Waals surface area contributed by atoms with Crippen LogP contribution in [0.15, 0.2) is 32.7 Å². The molecule has 0 saturated heterocycles. The van der Waals surface area contributed by atoms with E-state index in [4.69, 9.17) is 16.0 Å². The van der Waals surface area contributed by atoms with Crippen LogP contribution >= 0.6 is 23.4 Å². The SMILES string of the molecule is CCNCc1ccc(Sc2nnc(C)o2)c(Cl)c1. The van der Waals surface area contributed by atoms with Crippen molar-refractivity contribution < 1.29 is 4.42 Å². The lowest BCUT2D eigenvalue weighted by Crippen LogP contribution is -2.11. The maximum atomic E-state index is 6.23. The summed E-state index contributed by atoms with van der Waals surface area (Å²) in [5.74, 6) is 0.553. The zero-order valence-corrected chi connectivity index (χ0v) is 11.8. The predicted molar refractivity (Wildman–Crippen MR) is 72.0 cm³/mol. The Balaban J connectivity index is 2.09. The molecule has 0 aliphatic carbocycles. The molecule has 0 saturated carbocycles. The van der Waals surface area contributed by atoms with Crippen LogP contribution in [0.3, 0.4) is 0 Å². The van der Waals surface area contributed by atoms with Crippen molar-refractivity contribution in [1.29, 1.82) is 0 Å². The van der Waals surface area contributed by atoms with Gasteiger partial charge in [0, 0.05) is 18.4 Å². The Morgan fingerprint density at radius 3 is 2.83 bits per heavy atom. The molecule has 6 heteroatoms. The number of hydrogen-bond donors (Lipinski definition) is 1. The molecule has 0 amide bonds. The summed E-state index contributed by atoms with van der Waals surface area (Å²) in [6.45, 7) is 5.60. The van der Waals surface area contributed by atoms with E-state index in [2.05, 4.69) is 22.4 Å². The fraction of sp³-hybridized carbons (Fsp3) is 0.333. The summed E-state index contributed by atoms with van der Waals surface area (Å²) >= 11 is 7.60. The number of nitrogens with one attached hydrogen (secondary N) is 1. The first-order valence-electron chi connectivity index (χ1n) is 5.66. The third kappa shape index (κ3) is 3.48. The molecule has 2 aromatic rings. The Morgan fingerprint density at radius 1 is 1.39 bits per heavy atom. The summed E-state index contributed by atoms with van der Waals surface area (Å²) in [6.07, 6.45) is 0. The van der Waals surface area contributed by atoms with E-state index in [-0.39, 0.29) is 0 Å². The molecule has 0 radical (unpaired) electrons. The van der Waals surface area contributed by atoms with Gasteiger partial charge in [0.1, 0.15) is 0 Å². The van der Waals surface area contributed by atoms with Gasteiger partial charge in [0.2, 0.25) is 5.89 Å². The van der Waals surface area contributed by atoms with Crippen molar-refractivity contribution in [2.75, 3.05) is 6.54 Å². The Kier molecular flexibility index (Phi) is 4.63. The molecule has 0 bridgehead atoms. The third-order valence-electron chi connectivity index (χ3n) is 2.28. The highest BCUT2D eigenvalue weighted by molar-refractivity contribution is 7.99. The van der Waals surface area contributed by atoms with Crippen LogP contribution in [0.4, 0.5) is 0 Å². The van der Waals surface area contributed by atoms with Crippen LogP contribution in [-0.4, -0.2) is 16.7 Å². The number of halogens is 1. The topological polar surface area (TPSA) is 51.0 Å². The minimum atomic E-state index is 0.508. The van der Waals surface area contributed by atoms with Crippen LogP contribution in [0.1, 0.15) is 18.4 Å². The van der Waals surface area contributed by atoms with Gasteiger partial charge in [0.05, 0.1) is 5.02 Å². The average Bonchev–Trinajstić information content (AvgIpc) is 2.75. The number of nitrogens with zero attached hydrogens (tertiary/aromatic N) is 2. The van der Waals surface area contributed by atoms with Crippen molar-refractivity contribution in [3.63, 3.8) is 0 Å². The molecule has 0 spiro atoms. The summed E-state index contributed by atoms with van der Waals surface area (Å²) in [5.41, 5.74) is 1.16. The van der Waals surface area contributed by atoms with Crippen LogP contribution in [0.5, 0.6) is 0 Å². The molecule has 2 rings (SSSR count). The molecule has 1 heterocycles. The first-order valence-corrected chi connectivity index (χ1v) is 6.85. The molecule has 0 aliphatic heterocycles. The zero-order valence-electron chi connectivity index (χ0n) is 10.2. The van der Waals surface area contributed by atoms with E-state index in [1.54, 1.807) is 6.92 Å².